The summed E-state index contributed by atoms with van der Waals surface area (Å²) in [4.78, 5) is 10.8. The third-order valence-electron chi connectivity index (χ3n) is 13.3. The molecule has 0 unspecified atom stereocenters. The molecule has 3 heteroatoms. The number of fused-ring (bicyclic) bond motifs is 14. The zero-order chi connectivity index (χ0) is 40.8. The number of benzene rings is 9. The molecule has 2 aliphatic carbocycles. The molecule has 11 aromatic rings. The van der Waals surface area contributed by atoms with E-state index >= 15 is 0 Å². The molecule has 0 aliphatic heterocycles. The van der Waals surface area contributed by atoms with E-state index in [1.165, 1.54) is 71.9 Å². The zero-order valence-corrected chi connectivity index (χ0v) is 33.7. The Hall–Kier alpha value is -8.14. The second-order valence-electron chi connectivity index (χ2n) is 16.4. The Balaban J connectivity index is 1.08. The Kier molecular flexibility index (Phi) is 7.52. The van der Waals surface area contributed by atoms with Crippen LogP contribution in [0.1, 0.15) is 22.3 Å². The van der Waals surface area contributed by atoms with Gasteiger partial charge in [-0.2, -0.15) is 0 Å². The van der Waals surface area contributed by atoms with E-state index in [1.54, 1.807) is 0 Å². The molecule has 2 aliphatic rings. The van der Waals surface area contributed by atoms with Crippen LogP contribution in [0.15, 0.2) is 224 Å². The van der Waals surface area contributed by atoms with Crippen molar-refractivity contribution in [2.45, 2.75) is 5.41 Å². The number of hydrogen-bond donors (Lipinski definition) is 0. The molecule has 0 saturated heterocycles. The molecule has 62 heavy (non-hydrogen) atoms. The van der Waals surface area contributed by atoms with Gasteiger partial charge in [0.05, 0.1) is 33.5 Å². The van der Waals surface area contributed by atoms with E-state index in [4.69, 9.17) is 9.97 Å². The van der Waals surface area contributed by atoms with Crippen LogP contribution in [0.25, 0.3) is 94.8 Å². The van der Waals surface area contributed by atoms with Gasteiger partial charge in [-0.3, -0.25) is 0 Å². The molecule has 3 nitrogen and oxygen atoms in total. The third kappa shape index (κ3) is 4.88. The molecule has 0 bridgehead atoms. The molecular formula is C59H37N3. The maximum absolute atomic E-state index is 5.42. The van der Waals surface area contributed by atoms with Crippen LogP contribution in [-0.2, 0) is 5.41 Å². The lowest BCUT2D eigenvalue weighted by atomic mass is 9.70. The second kappa shape index (κ2) is 13.4. The number of nitrogens with zero attached hydrogens (tertiary/aromatic N) is 3. The van der Waals surface area contributed by atoms with Gasteiger partial charge in [-0.15, -0.1) is 0 Å². The average molecular weight is 788 g/mol. The molecule has 2 heterocycles. The minimum absolute atomic E-state index is 0.452. The van der Waals surface area contributed by atoms with Gasteiger partial charge in [0.15, 0.2) is 5.82 Å². The van der Waals surface area contributed by atoms with Crippen molar-refractivity contribution in [1.82, 2.24) is 14.5 Å². The quantitative estimate of drug-likeness (QED) is 0.174. The second-order valence-corrected chi connectivity index (χ2v) is 16.4. The fraction of sp³-hybridized carbons (Fsp3) is 0.0169. The summed E-state index contributed by atoms with van der Waals surface area (Å²) in [7, 11) is 0. The number of aromatic nitrogens is 3. The van der Waals surface area contributed by atoms with Crippen LogP contribution < -0.4 is 0 Å². The lowest BCUT2D eigenvalue weighted by Crippen LogP contribution is -2.25. The molecule has 0 N–H and O–H groups in total. The fourth-order valence-corrected chi connectivity index (χ4v) is 10.7. The Labute approximate surface area is 359 Å². The summed E-state index contributed by atoms with van der Waals surface area (Å²) in [6.45, 7) is 0. The maximum atomic E-state index is 5.42. The highest BCUT2D eigenvalue weighted by Crippen LogP contribution is 2.64. The van der Waals surface area contributed by atoms with E-state index in [2.05, 4.69) is 229 Å². The molecule has 0 radical (unpaired) electrons. The highest BCUT2D eigenvalue weighted by atomic mass is 15.0. The van der Waals surface area contributed by atoms with E-state index in [0.717, 1.165) is 39.3 Å². The van der Waals surface area contributed by atoms with Crippen LogP contribution in [0.4, 0.5) is 0 Å². The van der Waals surface area contributed by atoms with Crippen LogP contribution in [-0.4, -0.2) is 14.5 Å². The van der Waals surface area contributed by atoms with E-state index in [9.17, 15) is 0 Å². The van der Waals surface area contributed by atoms with Gasteiger partial charge in [0.1, 0.15) is 0 Å². The van der Waals surface area contributed by atoms with Crippen LogP contribution >= 0.6 is 0 Å². The predicted octanol–water partition coefficient (Wildman–Crippen LogP) is 14.6. The van der Waals surface area contributed by atoms with E-state index in [0.29, 0.717) is 5.82 Å². The van der Waals surface area contributed by atoms with Gasteiger partial charge in [0, 0.05) is 33.0 Å². The summed E-state index contributed by atoms with van der Waals surface area (Å²) >= 11 is 0. The highest BCUT2D eigenvalue weighted by molar-refractivity contribution is 6.17. The van der Waals surface area contributed by atoms with Crippen molar-refractivity contribution < 1.29 is 0 Å². The smallest absolute Gasteiger partial charge is 0.162 e. The SMILES string of the molecule is c1ccc(-c2ccc(-c3cc(-c4ccccc4)nc(-c4ccccc4-n4c5ccccc5c5ccc6c(c54)-c4ccccc4C64c5ccccc5-c5ccccc54)n3)cc2)cc1. The van der Waals surface area contributed by atoms with Crippen molar-refractivity contribution in [3.8, 4) is 73.0 Å². The van der Waals surface area contributed by atoms with Crippen molar-refractivity contribution in [1.29, 1.82) is 0 Å². The standard InChI is InChI=1S/C59H37N3/c1-3-17-38(18-4-1)39-31-33-41(34-32-39)53-37-52(40-19-5-2-6-20-40)60-58(61-53)47-25-11-16-30-55(47)62-54-29-15-10-23-44(54)45-35-36-51-56(57(45)62)46-24-9-14-28-50(46)59(51)48-26-12-7-21-42(48)43-22-8-13-27-49(43)59/h1-37H. The van der Waals surface area contributed by atoms with E-state index < -0.39 is 5.41 Å². The Bertz CT molecular complexity index is 3520. The molecule has 9 aromatic carbocycles. The largest absolute Gasteiger partial charge is 0.308 e. The van der Waals surface area contributed by atoms with Crippen LogP contribution in [0.2, 0.25) is 0 Å². The molecule has 0 atom stereocenters. The fourth-order valence-electron chi connectivity index (χ4n) is 10.7. The summed E-state index contributed by atoms with van der Waals surface area (Å²) in [6, 6.07) is 81.3. The van der Waals surface area contributed by atoms with Crippen LogP contribution in [0.5, 0.6) is 0 Å². The first kappa shape index (κ1) is 34.7. The molecule has 288 valence electrons. The minimum atomic E-state index is -0.452. The summed E-state index contributed by atoms with van der Waals surface area (Å²) in [5.41, 5.74) is 20.5. The van der Waals surface area contributed by atoms with Gasteiger partial charge < -0.3 is 4.57 Å². The third-order valence-corrected chi connectivity index (χ3v) is 13.3. The summed E-state index contributed by atoms with van der Waals surface area (Å²) in [5, 5.41) is 2.43. The lowest BCUT2D eigenvalue weighted by Gasteiger charge is -2.30. The summed E-state index contributed by atoms with van der Waals surface area (Å²) in [6.07, 6.45) is 0. The lowest BCUT2D eigenvalue weighted by molar-refractivity contribution is 0.794. The van der Waals surface area contributed by atoms with Crippen molar-refractivity contribution >= 4 is 21.8 Å². The molecular weight excluding hydrogens is 751 g/mol. The van der Waals surface area contributed by atoms with Gasteiger partial charge in [-0.05, 0) is 74.3 Å². The number of para-hydroxylation sites is 2. The van der Waals surface area contributed by atoms with Crippen LogP contribution in [0, 0.1) is 0 Å². The molecule has 1 spiro atoms. The highest BCUT2D eigenvalue weighted by Gasteiger charge is 2.52. The van der Waals surface area contributed by atoms with Crippen molar-refractivity contribution in [3.05, 3.63) is 247 Å². The molecule has 0 fully saturated rings. The van der Waals surface area contributed by atoms with E-state index in [1.807, 2.05) is 0 Å². The summed E-state index contributed by atoms with van der Waals surface area (Å²) in [5.74, 6) is 0.679. The molecule has 2 aromatic heterocycles. The molecule has 0 saturated carbocycles. The first-order valence-electron chi connectivity index (χ1n) is 21.3. The van der Waals surface area contributed by atoms with Gasteiger partial charge in [-0.1, -0.05) is 200 Å². The Morgan fingerprint density at radius 3 is 1.50 bits per heavy atom. The van der Waals surface area contributed by atoms with Gasteiger partial charge in [0.2, 0.25) is 0 Å². The Morgan fingerprint density at radius 2 is 0.823 bits per heavy atom. The monoisotopic (exact) mass is 787 g/mol. The Morgan fingerprint density at radius 1 is 0.339 bits per heavy atom. The summed E-state index contributed by atoms with van der Waals surface area (Å²) < 4.78 is 2.49. The molecule has 13 rings (SSSR count). The topological polar surface area (TPSA) is 30.7 Å². The normalized spacial score (nSPS) is 13.0. The molecule has 0 amide bonds. The van der Waals surface area contributed by atoms with E-state index in [-0.39, 0.29) is 0 Å². The average Bonchev–Trinajstić information content (AvgIpc) is 3.96. The number of rotatable bonds is 5. The number of hydrogen-bond acceptors (Lipinski definition) is 2. The van der Waals surface area contributed by atoms with Crippen LogP contribution in [0.3, 0.4) is 0 Å². The van der Waals surface area contributed by atoms with Crippen molar-refractivity contribution in [2.75, 3.05) is 0 Å². The van der Waals surface area contributed by atoms with Crippen molar-refractivity contribution in [3.63, 3.8) is 0 Å². The first-order chi connectivity index (χ1) is 30.8. The predicted molar refractivity (Wildman–Crippen MR) is 254 cm³/mol. The zero-order valence-electron chi connectivity index (χ0n) is 33.7. The van der Waals surface area contributed by atoms with Gasteiger partial charge in [0.25, 0.3) is 0 Å². The minimum Gasteiger partial charge on any atom is -0.308 e. The van der Waals surface area contributed by atoms with Crippen molar-refractivity contribution in [2.24, 2.45) is 0 Å². The van der Waals surface area contributed by atoms with Gasteiger partial charge >= 0.3 is 0 Å². The first-order valence-corrected chi connectivity index (χ1v) is 21.3. The maximum Gasteiger partial charge on any atom is 0.162 e. The van der Waals surface area contributed by atoms with Gasteiger partial charge in [-0.25, -0.2) is 9.97 Å².